The van der Waals surface area contributed by atoms with Crippen LogP contribution in [0.25, 0.3) is 0 Å². The largest absolute Gasteiger partial charge is 0.0730 e. The lowest BCUT2D eigenvalue weighted by molar-refractivity contribution is 0.376. The molecule has 0 spiro atoms. The van der Waals surface area contributed by atoms with Crippen molar-refractivity contribution >= 4 is 0 Å². The highest BCUT2D eigenvalue weighted by molar-refractivity contribution is 5.38. The van der Waals surface area contributed by atoms with Gasteiger partial charge in [-0.3, -0.25) is 0 Å². The average molecular weight is 427 g/mol. The Hall–Kier alpha value is -2.26. The summed E-state index contributed by atoms with van der Waals surface area (Å²) in [5.74, 6) is 7.99. The van der Waals surface area contributed by atoms with Gasteiger partial charge >= 0.3 is 0 Å². The van der Waals surface area contributed by atoms with Gasteiger partial charge in [0.15, 0.2) is 0 Å². The Kier molecular flexibility index (Phi) is 10.7. The molecule has 0 aliphatic heterocycles. The van der Waals surface area contributed by atoms with Crippen LogP contribution < -0.4 is 0 Å². The zero-order valence-electron chi connectivity index (χ0n) is 20.4. The van der Waals surface area contributed by atoms with Crippen molar-refractivity contribution in [3.05, 3.63) is 82.9 Å². The summed E-state index contributed by atoms with van der Waals surface area (Å²) in [5, 5.41) is 0. The van der Waals surface area contributed by atoms with Crippen LogP contribution in [0.1, 0.15) is 106 Å². The molecule has 0 aromatic heterocycles. The monoisotopic (exact) mass is 426 g/mol. The molecule has 32 heavy (non-hydrogen) atoms. The smallest absolute Gasteiger partial charge is 0.0249 e. The van der Waals surface area contributed by atoms with Crippen molar-refractivity contribution in [2.75, 3.05) is 0 Å². The Morgan fingerprint density at radius 1 is 0.719 bits per heavy atom. The SMILES string of the molecule is CCCCCc1ccc(C#C/C=C/[C@H]2CC[C@H](c3ccc(CCCCC)cc3)CC2)cc1. The number of hydrogen-bond acceptors (Lipinski definition) is 0. The van der Waals surface area contributed by atoms with E-state index in [4.69, 9.17) is 0 Å². The first-order valence-electron chi connectivity index (χ1n) is 13.1. The van der Waals surface area contributed by atoms with E-state index in [1.165, 1.54) is 88.2 Å². The van der Waals surface area contributed by atoms with Crippen LogP contribution in [0.4, 0.5) is 0 Å². The van der Waals surface area contributed by atoms with Crippen molar-refractivity contribution in [2.45, 2.75) is 96.8 Å². The standard InChI is InChI=1S/C32H42/c1-3-5-7-11-27-15-17-28(18-16-27)13-9-10-14-30-21-25-32(26-22-30)31-23-19-29(20-24-31)12-8-6-4-2/h10,14-20,23-24,30,32H,3-8,11-12,21-22,25-26H2,1-2H3/b14-10+/t30-,32-. The first-order chi connectivity index (χ1) is 15.8. The predicted octanol–water partition coefficient (Wildman–Crippen LogP) is 9.03. The van der Waals surface area contributed by atoms with Crippen LogP contribution in [-0.4, -0.2) is 0 Å². The topological polar surface area (TPSA) is 0 Å². The molecule has 1 aliphatic carbocycles. The van der Waals surface area contributed by atoms with Crippen LogP contribution in [0.3, 0.4) is 0 Å². The first kappa shape index (κ1) is 24.4. The fourth-order valence-electron chi connectivity index (χ4n) is 4.82. The average Bonchev–Trinajstić information content (AvgIpc) is 2.84. The van der Waals surface area contributed by atoms with Gasteiger partial charge in [-0.15, -0.1) is 0 Å². The lowest BCUT2D eigenvalue weighted by Gasteiger charge is -2.27. The molecule has 0 N–H and O–H groups in total. The van der Waals surface area contributed by atoms with Crippen LogP contribution in [0.15, 0.2) is 60.7 Å². The van der Waals surface area contributed by atoms with E-state index in [0.29, 0.717) is 5.92 Å². The van der Waals surface area contributed by atoms with Crippen molar-refractivity contribution in [3.63, 3.8) is 0 Å². The Morgan fingerprint density at radius 2 is 1.28 bits per heavy atom. The summed E-state index contributed by atoms with van der Waals surface area (Å²) in [6.45, 7) is 4.53. The van der Waals surface area contributed by atoms with Gasteiger partial charge in [0.1, 0.15) is 0 Å². The van der Waals surface area contributed by atoms with E-state index in [9.17, 15) is 0 Å². The minimum absolute atomic E-state index is 0.690. The van der Waals surface area contributed by atoms with Crippen molar-refractivity contribution in [3.8, 4) is 11.8 Å². The van der Waals surface area contributed by atoms with Gasteiger partial charge in [0.2, 0.25) is 0 Å². The highest BCUT2D eigenvalue weighted by Gasteiger charge is 2.20. The third-order valence-corrected chi connectivity index (χ3v) is 6.98. The summed E-state index contributed by atoms with van der Waals surface area (Å²) in [7, 11) is 0. The molecular weight excluding hydrogens is 384 g/mol. The minimum atomic E-state index is 0.690. The van der Waals surface area contributed by atoms with E-state index in [-0.39, 0.29) is 0 Å². The summed E-state index contributed by atoms with van der Waals surface area (Å²) < 4.78 is 0. The zero-order chi connectivity index (χ0) is 22.4. The molecule has 1 saturated carbocycles. The van der Waals surface area contributed by atoms with Crippen LogP contribution in [-0.2, 0) is 12.8 Å². The number of aryl methyl sites for hydroxylation is 2. The van der Waals surface area contributed by atoms with Gasteiger partial charge in [0, 0.05) is 5.56 Å². The molecular formula is C32H42. The van der Waals surface area contributed by atoms with Gasteiger partial charge in [-0.05, 0) is 98.1 Å². The maximum Gasteiger partial charge on any atom is 0.0249 e. The van der Waals surface area contributed by atoms with E-state index >= 15 is 0 Å². The van der Waals surface area contributed by atoms with Crippen molar-refractivity contribution in [1.82, 2.24) is 0 Å². The summed E-state index contributed by atoms with van der Waals surface area (Å²) in [6.07, 6.45) is 19.9. The van der Waals surface area contributed by atoms with Crippen molar-refractivity contribution in [1.29, 1.82) is 0 Å². The normalized spacial score (nSPS) is 18.4. The molecule has 0 radical (unpaired) electrons. The molecule has 0 heterocycles. The van der Waals surface area contributed by atoms with Gasteiger partial charge < -0.3 is 0 Å². The third kappa shape index (κ3) is 8.35. The lowest BCUT2D eigenvalue weighted by Crippen LogP contribution is -2.11. The molecule has 0 unspecified atom stereocenters. The Morgan fingerprint density at radius 3 is 1.84 bits per heavy atom. The van der Waals surface area contributed by atoms with Gasteiger partial charge in [-0.2, -0.15) is 0 Å². The summed E-state index contributed by atoms with van der Waals surface area (Å²) >= 11 is 0. The highest BCUT2D eigenvalue weighted by Crippen LogP contribution is 2.36. The molecule has 0 atom stereocenters. The van der Waals surface area contributed by atoms with Gasteiger partial charge in [0.05, 0.1) is 0 Å². The predicted molar refractivity (Wildman–Crippen MR) is 140 cm³/mol. The summed E-state index contributed by atoms with van der Waals surface area (Å²) in [5.41, 5.74) is 5.60. The number of hydrogen-bond donors (Lipinski definition) is 0. The Balaban J connectivity index is 1.40. The summed E-state index contributed by atoms with van der Waals surface area (Å²) in [6, 6.07) is 18.3. The highest BCUT2D eigenvalue weighted by atomic mass is 14.3. The molecule has 0 saturated heterocycles. The maximum absolute atomic E-state index is 3.30. The van der Waals surface area contributed by atoms with Crippen LogP contribution >= 0.6 is 0 Å². The number of unbranched alkanes of at least 4 members (excludes halogenated alkanes) is 4. The Labute approximate surface area is 197 Å². The fourth-order valence-corrected chi connectivity index (χ4v) is 4.82. The van der Waals surface area contributed by atoms with E-state index in [1.807, 2.05) is 0 Å². The number of rotatable bonds is 10. The Bertz CT molecular complexity index is 849. The number of allylic oxidation sites excluding steroid dienone is 2. The molecule has 0 nitrogen and oxygen atoms in total. The molecule has 170 valence electrons. The van der Waals surface area contributed by atoms with Gasteiger partial charge in [0.25, 0.3) is 0 Å². The van der Waals surface area contributed by atoms with Crippen LogP contribution in [0, 0.1) is 17.8 Å². The molecule has 0 amide bonds. The van der Waals surface area contributed by atoms with E-state index in [0.717, 1.165) is 11.5 Å². The van der Waals surface area contributed by atoms with E-state index in [1.54, 1.807) is 5.56 Å². The second-order valence-electron chi connectivity index (χ2n) is 9.59. The number of benzene rings is 2. The first-order valence-corrected chi connectivity index (χ1v) is 13.1. The van der Waals surface area contributed by atoms with Crippen molar-refractivity contribution < 1.29 is 0 Å². The molecule has 3 rings (SSSR count). The quantitative estimate of drug-likeness (QED) is 0.262. The van der Waals surface area contributed by atoms with Crippen molar-refractivity contribution in [2.24, 2.45) is 5.92 Å². The molecule has 2 aromatic carbocycles. The molecule has 0 heteroatoms. The fraction of sp³-hybridized carbons (Fsp3) is 0.500. The maximum atomic E-state index is 3.30. The third-order valence-electron chi connectivity index (χ3n) is 6.98. The lowest BCUT2D eigenvalue weighted by atomic mass is 9.78. The van der Waals surface area contributed by atoms with Crippen LogP contribution in [0.2, 0.25) is 0 Å². The van der Waals surface area contributed by atoms with E-state index in [2.05, 4.69) is 86.4 Å². The van der Waals surface area contributed by atoms with E-state index < -0.39 is 0 Å². The zero-order valence-corrected chi connectivity index (χ0v) is 20.4. The molecule has 1 aliphatic rings. The van der Waals surface area contributed by atoms with Crippen LogP contribution in [0.5, 0.6) is 0 Å². The van der Waals surface area contributed by atoms with Gasteiger partial charge in [-0.1, -0.05) is 93.8 Å². The summed E-state index contributed by atoms with van der Waals surface area (Å²) in [4.78, 5) is 0. The molecule has 2 aromatic rings. The molecule has 0 bridgehead atoms. The second-order valence-corrected chi connectivity index (χ2v) is 9.59. The molecule has 1 fully saturated rings. The minimum Gasteiger partial charge on any atom is -0.0730 e. The van der Waals surface area contributed by atoms with Gasteiger partial charge in [-0.25, -0.2) is 0 Å². The second kappa shape index (κ2) is 14.0.